The lowest BCUT2D eigenvalue weighted by Crippen LogP contribution is -2.34. The monoisotopic (exact) mass is 310 g/mol. The SMILES string of the molecule is O=C(CCSSc1ccccn1)CN1C(=O)CCC1=O. The number of hydrogen-bond donors (Lipinski definition) is 0. The number of imide groups is 1. The number of pyridine rings is 1. The van der Waals surface area contributed by atoms with E-state index in [4.69, 9.17) is 0 Å². The molecule has 0 atom stereocenters. The number of aromatic nitrogens is 1. The molecule has 1 aliphatic heterocycles. The van der Waals surface area contributed by atoms with Gasteiger partial charge in [-0.15, -0.1) is 0 Å². The van der Waals surface area contributed by atoms with Gasteiger partial charge in [-0.2, -0.15) is 0 Å². The van der Waals surface area contributed by atoms with Crippen LogP contribution in [0.3, 0.4) is 0 Å². The number of carbonyl (C=O) groups is 3. The van der Waals surface area contributed by atoms with E-state index in [-0.39, 0.29) is 37.0 Å². The zero-order valence-electron chi connectivity index (χ0n) is 10.8. The average Bonchev–Trinajstić information content (AvgIpc) is 2.77. The number of Topliss-reactive ketones (excluding diaryl/α,β-unsaturated/α-hetero) is 1. The van der Waals surface area contributed by atoms with Crippen molar-refractivity contribution in [1.29, 1.82) is 0 Å². The molecule has 2 heterocycles. The fourth-order valence-corrected chi connectivity index (χ4v) is 3.62. The Labute approximate surface area is 124 Å². The Kier molecular flexibility index (Phi) is 5.60. The molecule has 1 aliphatic rings. The first-order chi connectivity index (χ1) is 9.66. The summed E-state index contributed by atoms with van der Waals surface area (Å²) in [4.78, 5) is 39.7. The smallest absolute Gasteiger partial charge is 0.230 e. The van der Waals surface area contributed by atoms with Crippen LogP contribution in [0.5, 0.6) is 0 Å². The molecule has 2 rings (SSSR count). The van der Waals surface area contributed by atoms with Crippen molar-refractivity contribution in [2.75, 3.05) is 12.3 Å². The van der Waals surface area contributed by atoms with Crippen molar-refractivity contribution in [3.8, 4) is 0 Å². The summed E-state index contributed by atoms with van der Waals surface area (Å²) in [6.07, 6.45) is 2.53. The van der Waals surface area contributed by atoms with E-state index in [0.717, 1.165) is 9.93 Å². The molecule has 1 saturated heterocycles. The van der Waals surface area contributed by atoms with Gasteiger partial charge in [-0.25, -0.2) is 4.98 Å². The van der Waals surface area contributed by atoms with Crippen molar-refractivity contribution < 1.29 is 14.4 Å². The maximum absolute atomic E-state index is 11.7. The second-order valence-corrected chi connectivity index (χ2v) is 6.67. The Balaban J connectivity index is 1.65. The second-order valence-electron chi connectivity index (χ2n) is 4.24. The summed E-state index contributed by atoms with van der Waals surface area (Å²) < 4.78 is 0. The standard InChI is InChI=1S/C13H14N2O3S2/c16-10(9-15-12(17)4-5-13(15)18)6-8-19-20-11-3-1-2-7-14-11/h1-3,7H,4-6,8-9H2. The molecule has 1 aromatic rings. The predicted molar refractivity (Wildman–Crippen MR) is 78.1 cm³/mol. The topological polar surface area (TPSA) is 67.3 Å². The first kappa shape index (κ1) is 15.1. The first-order valence-corrected chi connectivity index (χ1v) is 8.54. The third kappa shape index (κ3) is 4.35. The van der Waals surface area contributed by atoms with Crippen LogP contribution < -0.4 is 0 Å². The van der Waals surface area contributed by atoms with Crippen molar-refractivity contribution in [1.82, 2.24) is 9.88 Å². The van der Waals surface area contributed by atoms with E-state index in [1.807, 2.05) is 18.2 Å². The minimum absolute atomic E-state index is 0.0769. The van der Waals surface area contributed by atoms with Crippen LogP contribution in [-0.4, -0.2) is 39.8 Å². The average molecular weight is 310 g/mol. The third-order valence-electron chi connectivity index (χ3n) is 2.74. The van der Waals surface area contributed by atoms with Gasteiger partial charge in [-0.05, 0) is 22.9 Å². The van der Waals surface area contributed by atoms with Gasteiger partial charge in [-0.1, -0.05) is 16.9 Å². The normalized spacial score (nSPS) is 14.9. The van der Waals surface area contributed by atoms with Crippen LogP contribution in [0.1, 0.15) is 19.3 Å². The van der Waals surface area contributed by atoms with Crippen LogP contribution in [0.15, 0.2) is 29.4 Å². The molecule has 5 nitrogen and oxygen atoms in total. The molecule has 0 radical (unpaired) electrons. The Morgan fingerprint density at radius 3 is 2.65 bits per heavy atom. The van der Waals surface area contributed by atoms with E-state index in [2.05, 4.69) is 4.98 Å². The molecule has 0 unspecified atom stereocenters. The summed E-state index contributed by atoms with van der Waals surface area (Å²) in [5.41, 5.74) is 0. The molecule has 7 heteroatoms. The molecule has 0 aliphatic carbocycles. The molecule has 1 aromatic heterocycles. The molecule has 0 bridgehead atoms. The van der Waals surface area contributed by atoms with Crippen molar-refractivity contribution in [2.45, 2.75) is 24.3 Å². The maximum atomic E-state index is 11.7. The van der Waals surface area contributed by atoms with Crippen molar-refractivity contribution in [2.24, 2.45) is 0 Å². The molecular weight excluding hydrogens is 296 g/mol. The fourth-order valence-electron chi connectivity index (χ4n) is 1.71. The van der Waals surface area contributed by atoms with Gasteiger partial charge in [0.2, 0.25) is 11.8 Å². The number of likely N-dealkylation sites (tertiary alicyclic amines) is 1. The Morgan fingerprint density at radius 2 is 2.00 bits per heavy atom. The van der Waals surface area contributed by atoms with Crippen LogP contribution in [-0.2, 0) is 14.4 Å². The van der Waals surface area contributed by atoms with Gasteiger partial charge in [0.05, 0.1) is 6.54 Å². The van der Waals surface area contributed by atoms with E-state index < -0.39 is 0 Å². The van der Waals surface area contributed by atoms with E-state index >= 15 is 0 Å². The van der Waals surface area contributed by atoms with Gasteiger partial charge >= 0.3 is 0 Å². The van der Waals surface area contributed by atoms with Crippen molar-refractivity contribution >= 4 is 39.2 Å². The van der Waals surface area contributed by atoms with Gasteiger partial charge in [0.1, 0.15) is 5.03 Å². The van der Waals surface area contributed by atoms with Crippen LogP contribution in [0.25, 0.3) is 0 Å². The lowest BCUT2D eigenvalue weighted by Gasteiger charge is -2.12. The van der Waals surface area contributed by atoms with Crippen LogP contribution in [0, 0.1) is 0 Å². The molecule has 20 heavy (non-hydrogen) atoms. The highest BCUT2D eigenvalue weighted by molar-refractivity contribution is 8.76. The summed E-state index contributed by atoms with van der Waals surface area (Å²) >= 11 is 0. The highest BCUT2D eigenvalue weighted by Gasteiger charge is 2.29. The number of ketones is 1. The summed E-state index contributed by atoms with van der Waals surface area (Å²) in [6.45, 7) is -0.0769. The molecule has 106 valence electrons. The first-order valence-electron chi connectivity index (χ1n) is 6.22. The Morgan fingerprint density at radius 1 is 1.25 bits per heavy atom. The summed E-state index contributed by atoms with van der Waals surface area (Å²) in [5, 5.41) is 0.898. The van der Waals surface area contributed by atoms with Crippen molar-refractivity contribution in [3.63, 3.8) is 0 Å². The zero-order chi connectivity index (χ0) is 14.4. The fraction of sp³-hybridized carbons (Fsp3) is 0.385. The minimum atomic E-state index is -0.237. The van der Waals surface area contributed by atoms with Gasteiger partial charge in [-0.3, -0.25) is 19.3 Å². The second kappa shape index (κ2) is 7.44. The molecule has 0 aromatic carbocycles. The Hall–Kier alpha value is -1.34. The molecule has 1 fully saturated rings. The van der Waals surface area contributed by atoms with E-state index in [9.17, 15) is 14.4 Å². The lowest BCUT2D eigenvalue weighted by molar-refractivity contribution is -0.141. The van der Waals surface area contributed by atoms with Gasteiger partial charge in [0, 0.05) is 31.2 Å². The molecule has 0 saturated carbocycles. The van der Waals surface area contributed by atoms with E-state index in [0.29, 0.717) is 12.2 Å². The number of nitrogens with zero attached hydrogens (tertiary/aromatic N) is 2. The number of rotatable bonds is 7. The van der Waals surface area contributed by atoms with E-state index in [1.165, 1.54) is 21.6 Å². The molecule has 2 amide bonds. The lowest BCUT2D eigenvalue weighted by atomic mass is 10.3. The zero-order valence-corrected chi connectivity index (χ0v) is 12.4. The molecular formula is C13H14N2O3S2. The maximum Gasteiger partial charge on any atom is 0.230 e. The summed E-state index contributed by atoms with van der Waals surface area (Å²) in [5.74, 6) is 0.0801. The number of hydrogen-bond acceptors (Lipinski definition) is 6. The molecule has 0 N–H and O–H groups in total. The number of amides is 2. The van der Waals surface area contributed by atoms with Gasteiger partial charge in [0.15, 0.2) is 5.78 Å². The van der Waals surface area contributed by atoms with Crippen LogP contribution in [0.4, 0.5) is 0 Å². The van der Waals surface area contributed by atoms with E-state index in [1.54, 1.807) is 6.20 Å². The summed E-state index contributed by atoms with van der Waals surface area (Å²) in [7, 11) is 3.05. The Bertz CT molecular complexity index is 492. The van der Waals surface area contributed by atoms with Gasteiger partial charge < -0.3 is 0 Å². The van der Waals surface area contributed by atoms with Crippen LogP contribution in [0.2, 0.25) is 0 Å². The largest absolute Gasteiger partial charge is 0.298 e. The molecule has 0 spiro atoms. The summed E-state index contributed by atoms with van der Waals surface area (Å²) in [6, 6.07) is 5.66. The third-order valence-corrected chi connectivity index (χ3v) is 5.00. The number of carbonyl (C=O) groups excluding carboxylic acids is 3. The van der Waals surface area contributed by atoms with Gasteiger partial charge in [0.25, 0.3) is 0 Å². The van der Waals surface area contributed by atoms with Crippen molar-refractivity contribution in [3.05, 3.63) is 24.4 Å². The highest BCUT2D eigenvalue weighted by atomic mass is 33.1. The minimum Gasteiger partial charge on any atom is -0.298 e. The van der Waals surface area contributed by atoms with Crippen LogP contribution >= 0.6 is 21.6 Å². The highest BCUT2D eigenvalue weighted by Crippen LogP contribution is 2.29. The predicted octanol–water partition coefficient (Wildman–Crippen LogP) is 1.93. The quantitative estimate of drug-likeness (QED) is 0.435.